The zero-order valence-corrected chi connectivity index (χ0v) is 19.1. The molecule has 0 aliphatic carbocycles. The molecular formula is C34H20S. The van der Waals surface area contributed by atoms with Crippen molar-refractivity contribution in [3.63, 3.8) is 0 Å². The number of benzene rings is 7. The third kappa shape index (κ3) is 2.76. The summed E-state index contributed by atoms with van der Waals surface area (Å²) in [5.41, 5.74) is 1.13. The lowest BCUT2D eigenvalue weighted by atomic mass is 9.88. The van der Waals surface area contributed by atoms with E-state index in [1.54, 1.807) is 0 Å². The standard InChI is InChI=1S/C34H20S/c1-3-11-25-21(7-1)15-17-28-29(25)19-23-8-2-4-12-26(23)33(28)24-16-18-31-30(20-24)27-13-5-9-22-10-6-14-32(35-31)34(22)27/h1-20H/i5D,6D,9D,10D,13D,14D,16D,18D,20D. The molecule has 0 amide bonds. The molecule has 1 aliphatic rings. The average molecular weight is 470 g/mol. The molecule has 0 nitrogen and oxygen atoms in total. The fourth-order valence-electron chi connectivity index (χ4n) is 5.17. The van der Waals surface area contributed by atoms with Crippen LogP contribution in [0.3, 0.4) is 0 Å². The fourth-order valence-corrected chi connectivity index (χ4v) is 6.14. The summed E-state index contributed by atoms with van der Waals surface area (Å²) >= 11 is 0.969. The molecule has 0 saturated carbocycles. The zero-order chi connectivity index (χ0) is 30.8. The Balaban J connectivity index is 1.59. The molecule has 0 N–H and O–H groups in total. The van der Waals surface area contributed by atoms with E-state index in [1.807, 2.05) is 60.7 Å². The first-order valence-electron chi connectivity index (χ1n) is 15.8. The highest BCUT2D eigenvalue weighted by molar-refractivity contribution is 7.99. The first-order chi connectivity index (χ1) is 21.1. The molecule has 35 heavy (non-hydrogen) atoms. The maximum atomic E-state index is 9.65. The van der Waals surface area contributed by atoms with Crippen LogP contribution >= 0.6 is 11.8 Å². The van der Waals surface area contributed by atoms with E-state index in [-0.39, 0.29) is 79.6 Å². The Morgan fingerprint density at radius 3 is 2.26 bits per heavy atom. The third-order valence-electron chi connectivity index (χ3n) is 6.72. The molecule has 1 heteroatoms. The van der Waals surface area contributed by atoms with Crippen molar-refractivity contribution in [2.45, 2.75) is 9.79 Å². The second kappa shape index (κ2) is 7.21. The van der Waals surface area contributed by atoms with Crippen molar-refractivity contribution in [2.24, 2.45) is 0 Å². The maximum absolute atomic E-state index is 9.65. The van der Waals surface area contributed by atoms with Crippen molar-refractivity contribution in [3.8, 4) is 22.3 Å². The van der Waals surface area contributed by atoms with Gasteiger partial charge in [0, 0.05) is 15.2 Å². The topological polar surface area (TPSA) is 0 Å². The van der Waals surface area contributed by atoms with Gasteiger partial charge in [-0.3, -0.25) is 0 Å². The number of rotatable bonds is 1. The number of hydrogen-bond acceptors (Lipinski definition) is 1. The first-order valence-corrected chi connectivity index (χ1v) is 12.1. The van der Waals surface area contributed by atoms with Crippen LogP contribution in [-0.2, 0) is 0 Å². The molecule has 0 unspecified atom stereocenters. The summed E-state index contributed by atoms with van der Waals surface area (Å²) in [4.78, 5) is 0.399. The Hall–Kier alpha value is -4.07. The van der Waals surface area contributed by atoms with Gasteiger partial charge in [-0.25, -0.2) is 0 Å². The van der Waals surface area contributed by atoms with Crippen molar-refractivity contribution < 1.29 is 12.3 Å². The van der Waals surface area contributed by atoms with Crippen LogP contribution in [-0.4, -0.2) is 0 Å². The number of hydrogen-bond donors (Lipinski definition) is 0. The van der Waals surface area contributed by atoms with E-state index in [2.05, 4.69) is 6.07 Å². The summed E-state index contributed by atoms with van der Waals surface area (Å²) < 4.78 is 79.8. The Morgan fingerprint density at radius 1 is 0.543 bits per heavy atom. The van der Waals surface area contributed by atoms with E-state index in [0.29, 0.717) is 5.56 Å². The summed E-state index contributed by atoms with van der Waals surface area (Å²) in [5.74, 6) is 0. The normalized spacial score (nSPS) is 16.1. The molecule has 0 radical (unpaired) electrons. The van der Waals surface area contributed by atoms with E-state index in [0.717, 1.165) is 44.1 Å². The highest BCUT2D eigenvalue weighted by Gasteiger charge is 2.20. The smallest absolute Gasteiger partial charge is 0.0636 e. The van der Waals surface area contributed by atoms with Crippen molar-refractivity contribution in [2.75, 3.05) is 0 Å². The van der Waals surface area contributed by atoms with E-state index in [1.165, 1.54) is 0 Å². The molecule has 7 aromatic rings. The van der Waals surface area contributed by atoms with Crippen LogP contribution in [0.1, 0.15) is 12.3 Å². The van der Waals surface area contributed by atoms with E-state index < -0.39 is 12.1 Å². The molecule has 0 bridgehead atoms. The predicted molar refractivity (Wildman–Crippen MR) is 151 cm³/mol. The van der Waals surface area contributed by atoms with Crippen LogP contribution in [0.15, 0.2) is 131 Å². The molecule has 162 valence electrons. The molecular weight excluding hydrogens is 440 g/mol. The van der Waals surface area contributed by atoms with Gasteiger partial charge in [0.05, 0.1) is 12.3 Å². The SMILES string of the molecule is [2H]c1c([2H])c(-c2c3ccccc3cc3c2ccc2ccccc23)c([2H])c2c1Sc1c([2H])c([2H])c([2H])c3c([2H])c([2H])c([2H])c-2c13. The van der Waals surface area contributed by atoms with Gasteiger partial charge in [0.15, 0.2) is 0 Å². The van der Waals surface area contributed by atoms with E-state index in [4.69, 9.17) is 8.22 Å². The van der Waals surface area contributed by atoms with Crippen LogP contribution < -0.4 is 0 Å². The van der Waals surface area contributed by atoms with Crippen molar-refractivity contribution >= 4 is 54.9 Å². The van der Waals surface area contributed by atoms with Crippen LogP contribution in [0.5, 0.6) is 0 Å². The Labute approximate surface area is 220 Å². The maximum Gasteiger partial charge on any atom is 0.0636 e. The summed E-state index contributed by atoms with van der Waals surface area (Å²) in [6.45, 7) is 0. The predicted octanol–water partition coefficient (Wildman–Crippen LogP) is 10.1. The lowest BCUT2D eigenvalue weighted by Gasteiger charge is -2.22. The Morgan fingerprint density at radius 2 is 1.34 bits per heavy atom. The highest BCUT2D eigenvalue weighted by Crippen LogP contribution is 2.49. The van der Waals surface area contributed by atoms with Gasteiger partial charge in [-0.05, 0) is 84.2 Å². The average Bonchev–Trinajstić information content (AvgIpc) is 3.04. The molecule has 1 aliphatic heterocycles. The second-order valence-corrected chi connectivity index (χ2v) is 9.64. The molecule has 0 fully saturated rings. The molecule has 8 rings (SSSR count). The van der Waals surface area contributed by atoms with Crippen molar-refractivity contribution in [1.82, 2.24) is 0 Å². The second-order valence-electron chi connectivity index (χ2n) is 8.61. The van der Waals surface area contributed by atoms with Crippen molar-refractivity contribution in [1.29, 1.82) is 0 Å². The van der Waals surface area contributed by atoms with Gasteiger partial charge in [-0.1, -0.05) is 109 Å². The highest BCUT2D eigenvalue weighted by atomic mass is 32.2. The van der Waals surface area contributed by atoms with Gasteiger partial charge in [0.25, 0.3) is 0 Å². The molecule has 0 atom stereocenters. The van der Waals surface area contributed by atoms with E-state index >= 15 is 0 Å². The monoisotopic (exact) mass is 469 g/mol. The van der Waals surface area contributed by atoms with Crippen LogP contribution in [0.2, 0.25) is 0 Å². The van der Waals surface area contributed by atoms with Gasteiger partial charge in [-0.15, -0.1) is 0 Å². The first kappa shape index (κ1) is 12.6. The minimum atomic E-state index is -0.452. The quantitative estimate of drug-likeness (QED) is 0.170. The molecule has 0 spiro atoms. The fraction of sp³-hybridized carbons (Fsp3) is 0. The summed E-state index contributed by atoms with van der Waals surface area (Å²) in [7, 11) is 0. The van der Waals surface area contributed by atoms with Crippen LogP contribution in [0, 0.1) is 0 Å². The van der Waals surface area contributed by atoms with Crippen molar-refractivity contribution in [3.05, 3.63) is 121 Å². The Bertz CT molecular complexity index is 2460. The largest absolute Gasteiger partial charge is 0.0888 e. The van der Waals surface area contributed by atoms with Crippen LogP contribution in [0.25, 0.3) is 65.3 Å². The van der Waals surface area contributed by atoms with Crippen LogP contribution in [0.4, 0.5) is 0 Å². The summed E-state index contributed by atoms with van der Waals surface area (Å²) in [6.07, 6.45) is 0. The minimum absolute atomic E-state index is 0.0142. The molecule has 7 aromatic carbocycles. The van der Waals surface area contributed by atoms with Gasteiger partial charge in [0.1, 0.15) is 0 Å². The van der Waals surface area contributed by atoms with E-state index in [9.17, 15) is 4.11 Å². The zero-order valence-electron chi connectivity index (χ0n) is 27.3. The minimum Gasteiger partial charge on any atom is -0.0888 e. The lowest BCUT2D eigenvalue weighted by molar-refractivity contribution is 1.40. The molecule has 0 saturated heterocycles. The lowest BCUT2D eigenvalue weighted by Crippen LogP contribution is -1.94. The molecule has 0 aromatic heterocycles. The number of fused-ring (bicyclic) bond motifs is 6. The summed E-state index contributed by atoms with van der Waals surface area (Å²) in [6, 6.07) is 19.2. The van der Waals surface area contributed by atoms with Gasteiger partial charge < -0.3 is 0 Å². The van der Waals surface area contributed by atoms with Gasteiger partial charge in [-0.2, -0.15) is 0 Å². The van der Waals surface area contributed by atoms with Gasteiger partial charge >= 0.3 is 0 Å². The third-order valence-corrected chi connectivity index (χ3v) is 7.74. The summed E-state index contributed by atoms with van der Waals surface area (Å²) in [5, 5.41) is 5.72. The Kier molecular flexibility index (Phi) is 2.59. The molecule has 1 heterocycles. The van der Waals surface area contributed by atoms with Gasteiger partial charge in [0.2, 0.25) is 0 Å².